The second-order valence-electron chi connectivity index (χ2n) is 7.57. The maximum Gasteiger partial charge on any atom is 0.256 e. The number of amides is 3. The van der Waals surface area contributed by atoms with Crippen LogP contribution in [0.2, 0.25) is 5.02 Å². The van der Waals surface area contributed by atoms with Gasteiger partial charge in [-0.25, -0.2) is 8.78 Å². The number of halogens is 3. The lowest BCUT2D eigenvalue weighted by Crippen LogP contribution is -2.41. The summed E-state index contributed by atoms with van der Waals surface area (Å²) in [6.45, 7) is 0.529. The highest BCUT2D eigenvalue weighted by Gasteiger charge is 2.29. The van der Waals surface area contributed by atoms with E-state index in [1.54, 1.807) is 26.2 Å². The summed E-state index contributed by atoms with van der Waals surface area (Å²) in [5, 5.41) is 3.07. The number of anilines is 1. The van der Waals surface area contributed by atoms with Crippen LogP contribution in [-0.4, -0.2) is 54.7 Å². The van der Waals surface area contributed by atoms with Gasteiger partial charge in [0, 0.05) is 44.7 Å². The second-order valence-corrected chi connectivity index (χ2v) is 7.98. The van der Waals surface area contributed by atoms with Gasteiger partial charge in [0.15, 0.2) is 0 Å². The van der Waals surface area contributed by atoms with E-state index in [0.29, 0.717) is 35.2 Å². The topological polar surface area (TPSA) is 69.7 Å². The normalized spacial score (nSPS) is 14.3. The van der Waals surface area contributed by atoms with Crippen molar-refractivity contribution >= 4 is 35.0 Å². The van der Waals surface area contributed by atoms with Crippen LogP contribution in [0.25, 0.3) is 0 Å². The van der Waals surface area contributed by atoms with Gasteiger partial charge < -0.3 is 15.1 Å². The van der Waals surface area contributed by atoms with Crippen molar-refractivity contribution in [2.45, 2.75) is 12.8 Å². The van der Waals surface area contributed by atoms with Crippen LogP contribution in [0, 0.1) is 17.6 Å². The minimum absolute atomic E-state index is 0.196. The highest BCUT2D eigenvalue weighted by Crippen LogP contribution is 2.27. The molecular formula is C22H22ClF2N3O3. The highest BCUT2D eigenvalue weighted by atomic mass is 35.5. The number of likely N-dealkylation sites (tertiary alicyclic amines) is 1. The number of carbonyl (C=O) groups is 3. The molecule has 1 aliphatic rings. The number of benzene rings is 2. The van der Waals surface area contributed by atoms with E-state index < -0.39 is 17.5 Å². The summed E-state index contributed by atoms with van der Waals surface area (Å²) in [6, 6.07) is 7.49. The molecule has 0 aromatic heterocycles. The van der Waals surface area contributed by atoms with Gasteiger partial charge in [-0.1, -0.05) is 11.6 Å². The molecule has 164 valence electrons. The molecule has 1 saturated heterocycles. The molecule has 6 nitrogen and oxygen atoms in total. The minimum Gasteiger partial charge on any atom is -0.345 e. The standard InChI is InChI=1S/C22H22ClF2N3O3/c1-27(2)21(30)14-3-6-17(23)19(11-14)26-20(29)13-7-9-28(10-8-13)22(31)16-5-4-15(24)12-18(16)25/h3-6,11-13H,7-10H2,1-2H3,(H,26,29). The van der Waals surface area contributed by atoms with E-state index >= 15 is 0 Å². The van der Waals surface area contributed by atoms with Gasteiger partial charge in [0.1, 0.15) is 11.6 Å². The Balaban J connectivity index is 1.62. The maximum atomic E-state index is 13.9. The molecular weight excluding hydrogens is 428 g/mol. The van der Waals surface area contributed by atoms with Gasteiger partial charge in [0.2, 0.25) is 5.91 Å². The third-order valence-electron chi connectivity index (χ3n) is 5.19. The highest BCUT2D eigenvalue weighted by molar-refractivity contribution is 6.34. The molecule has 3 rings (SSSR count). The third-order valence-corrected chi connectivity index (χ3v) is 5.52. The van der Waals surface area contributed by atoms with Crippen molar-refractivity contribution in [2.24, 2.45) is 5.92 Å². The van der Waals surface area contributed by atoms with Crippen molar-refractivity contribution in [3.8, 4) is 0 Å². The Kier molecular flexibility index (Phi) is 6.90. The smallest absolute Gasteiger partial charge is 0.256 e. The van der Waals surface area contributed by atoms with Gasteiger partial charge in [-0.05, 0) is 43.2 Å². The molecule has 1 fully saturated rings. The molecule has 9 heteroatoms. The van der Waals surface area contributed by atoms with Crippen LogP contribution in [0.3, 0.4) is 0 Å². The Morgan fingerprint density at radius 1 is 1.06 bits per heavy atom. The molecule has 0 atom stereocenters. The van der Waals surface area contributed by atoms with Crippen LogP contribution < -0.4 is 5.32 Å². The molecule has 0 unspecified atom stereocenters. The molecule has 0 spiro atoms. The monoisotopic (exact) mass is 449 g/mol. The fourth-order valence-corrected chi connectivity index (χ4v) is 3.59. The van der Waals surface area contributed by atoms with Crippen LogP contribution in [0.1, 0.15) is 33.6 Å². The predicted octanol–water partition coefficient (Wildman–Crippen LogP) is 3.81. The lowest BCUT2D eigenvalue weighted by molar-refractivity contribution is -0.121. The molecule has 0 radical (unpaired) electrons. The number of nitrogens with zero attached hydrogens (tertiary/aromatic N) is 2. The fraction of sp³-hybridized carbons (Fsp3) is 0.318. The van der Waals surface area contributed by atoms with Gasteiger partial charge in [-0.2, -0.15) is 0 Å². The molecule has 0 bridgehead atoms. The first kappa shape index (κ1) is 22.7. The average molecular weight is 450 g/mol. The second kappa shape index (κ2) is 9.43. The molecule has 1 aliphatic heterocycles. The first-order valence-corrected chi connectivity index (χ1v) is 10.1. The van der Waals surface area contributed by atoms with E-state index in [0.717, 1.165) is 12.1 Å². The van der Waals surface area contributed by atoms with E-state index in [2.05, 4.69) is 5.32 Å². The largest absolute Gasteiger partial charge is 0.345 e. The van der Waals surface area contributed by atoms with Gasteiger partial charge >= 0.3 is 0 Å². The van der Waals surface area contributed by atoms with Crippen molar-refractivity contribution in [2.75, 3.05) is 32.5 Å². The lowest BCUT2D eigenvalue weighted by Gasteiger charge is -2.31. The van der Waals surface area contributed by atoms with Crippen LogP contribution in [0.5, 0.6) is 0 Å². The van der Waals surface area contributed by atoms with Crippen molar-refractivity contribution in [3.63, 3.8) is 0 Å². The zero-order chi connectivity index (χ0) is 22.7. The Labute approximate surface area is 183 Å². The fourth-order valence-electron chi connectivity index (χ4n) is 3.43. The lowest BCUT2D eigenvalue weighted by atomic mass is 9.95. The number of carbonyl (C=O) groups excluding carboxylic acids is 3. The third kappa shape index (κ3) is 5.19. The van der Waals surface area contributed by atoms with E-state index in [9.17, 15) is 23.2 Å². The summed E-state index contributed by atoms with van der Waals surface area (Å²) < 4.78 is 27.0. The molecule has 2 aromatic carbocycles. The SMILES string of the molecule is CN(C)C(=O)c1ccc(Cl)c(NC(=O)C2CCN(C(=O)c3ccc(F)cc3F)CC2)c1. The summed E-state index contributed by atoms with van der Waals surface area (Å²) in [6.07, 6.45) is 0.767. The van der Waals surface area contributed by atoms with Crippen LogP contribution in [0.15, 0.2) is 36.4 Å². The Hall–Kier alpha value is -3.00. The number of piperidine rings is 1. The summed E-state index contributed by atoms with van der Waals surface area (Å²) in [7, 11) is 3.25. The quantitative estimate of drug-likeness (QED) is 0.771. The molecule has 2 aromatic rings. The van der Waals surface area contributed by atoms with E-state index in [1.165, 1.54) is 15.9 Å². The van der Waals surface area contributed by atoms with Crippen LogP contribution in [0.4, 0.5) is 14.5 Å². The summed E-state index contributed by atoms with van der Waals surface area (Å²) in [4.78, 5) is 40.2. The zero-order valence-electron chi connectivity index (χ0n) is 17.1. The summed E-state index contributed by atoms with van der Waals surface area (Å²) >= 11 is 6.17. The van der Waals surface area contributed by atoms with Gasteiger partial charge in [0.05, 0.1) is 16.3 Å². The zero-order valence-corrected chi connectivity index (χ0v) is 17.9. The van der Waals surface area contributed by atoms with Crippen molar-refractivity contribution < 1.29 is 23.2 Å². The van der Waals surface area contributed by atoms with Crippen LogP contribution in [-0.2, 0) is 4.79 Å². The Bertz CT molecular complexity index is 1020. The summed E-state index contributed by atoms with van der Waals surface area (Å²) in [5.74, 6) is -3.05. The van der Waals surface area contributed by atoms with Gasteiger partial charge in [-0.3, -0.25) is 14.4 Å². The average Bonchev–Trinajstić information content (AvgIpc) is 2.74. The molecule has 1 heterocycles. The number of rotatable bonds is 4. The van der Waals surface area contributed by atoms with Crippen molar-refractivity contribution in [3.05, 3.63) is 64.2 Å². The Morgan fingerprint density at radius 3 is 2.35 bits per heavy atom. The number of nitrogens with one attached hydrogen (secondary N) is 1. The van der Waals surface area contributed by atoms with E-state index in [1.807, 2.05) is 0 Å². The van der Waals surface area contributed by atoms with Gasteiger partial charge in [-0.15, -0.1) is 0 Å². The van der Waals surface area contributed by atoms with E-state index in [4.69, 9.17) is 11.6 Å². The molecule has 1 N–H and O–H groups in total. The molecule has 3 amide bonds. The van der Waals surface area contributed by atoms with Crippen molar-refractivity contribution in [1.29, 1.82) is 0 Å². The first-order chi connectivity index (χ1) is 14.7. The Morgan fingerprint density at radius 2 is 1.74 bits per heavy atom. The number of hydrogen-bond acceptors (Lipinski definition) is 3. The summed E-state index contributed by atoms with van der Waals surface area (Å²) in [5.41, 5.74) is 0.538. The van der Waals surface area contributed by atoms with Gasteiger partial charge in [0.25, 0.3) is 11.8 Å². The maximum absolute atomic E-state index is 13.9. The molecule has 0 saturated carbocycles. The predicted molar refractivity (Wildman–Crippen MR) is 113 cm³/mol. The van der Waals surface area contributed by atoms with Crippen molar-refractivity contribution in [1.82, 2.24) is 9.80 Å². The molecule has 31 heavy (non-hydrogen) atoms. The number of hydrogen-bond donors (Lipinski definition) is 1. The van der Waals surface area contributed by atoms with E-state index in [-0.39, 0.29) is 36.4 Å². The molecule has 0 aliphatic carbocycles. The van der Waals surface area contributed by atoms with Crippen LogP contribution >= 0.6 is 11.6 Å². The minimum atomic E-state index is -0.910. The first-order valence-electron chi connectivity index (χ1n) is 9.73.